The standard InChI is InChI=1S/C27H33F2N5O2/c1-6-7-13-33(26(36)30-19-11-12-21(28)22(29)15-19)17-25(35)31-24-16-23(27(3,4)5)32-34(24)20-10-8-9-18(2)14-20/h8-12,14-16H,6-7,13,17H2,1-5H3,(H,30,36)(H,31,35). The molecule has 0 aliphatic heterocycles. The van der Waals surface area contributed by atoms with Crippen LogP contribution in [0.3, 0.4) is 0 Å². The van der Waals surface area contributed by atoms with Crippen molar-refractivity contribution in [2.75, 3.05) is 23.7 Å². The van der Waals surface area contributed by atoms with Crippen LogP contribution in [0.5, 0.6) is 0 Å². The number of carbonyl (C=O) groups excluding carboxylic acids is 2. The van der Waals surface area contributed by atoms with Gasteiger partial charge in [-0.2, -0.15) is 5.10 Å². The van der Waals surface area contributed by atoms with Crippen LogP contribution < -0.4 is 10.6 Å². The first-order valence-corrected chi connectivity index (χ1v) is 12.0. The Morgan fingerprint density at radius 2 is 1.78 bits per heavy atom. The molecule has 3 rings (SSSR count). The molecule has 0 unspecified atom stereocenters. The Morgan fingerprint density at radius 1 is 1.03 bits per heavy atom. The van der Waals surface area contributed by atoms with Crippen molar-refractivity contribution in [1.82, 2.24) is 14.7 Å². The summed E-state index contributed by atoms with van der Waals surface area (Å²) in [5.74, 6) is -1.98. The van der Waals surface area contributed by atoms with Gasteiger partial charge in [0.1, 0.15) is 12.4 Å². The normalized spacial score (nSPS) is 11.3. The lowest BCUT2D eigenvalue weighted by molar-refractivity contribution is -0.116. The molecule has 1 heterocycles. The number of carbonyl (C=O) groups is 2. The van der Waals surface area contributed by atoms with Gasteiger partial charge in [-0.1, -0.05) is 46.2 Å². The molecule has 9 heteroatoms. The van der Waals surface area contributed by atoms with Crippen molar-refractivity contribution in [2.24, 2.45) is 0 Å². The highest BCUT2D eigenvalue weighted by Crippen LogP contribution is 2.26. The van der Waals surface area contributed by atoms with E-state index in [4.69, 9.17) is 5.10 Å². The van der Waals surface area contributed by atoms with E-state index in [1.807, 2.05) is 65.0 Å². The van der Waals surface area contributed by atoms with E-state index in [1.54, 1.807) is 4.68 Å². The Balaban J connectivity index is 1.81. The highest BCUT2D eigenvalue weighted by Gasteiger charge is 2.23. The van der Waals surface area contributed by atoms with Crippen LogP contribution in [-0.2, 0) is 10.2 Å². The number of hydrogen-bond donors (Lipinski definition) is 2. The molecular weight excluding hydrogens is 464 g/mol. The van der Waals surface area contributed by atoms with Gasteiger partial charge in [-0.25, -0.2) is 18.3 Å². The van der Waals surface area contributed by atoms with Crippen molar-refractivity contribution >= 4 is 23.4 Å². The Labute approximate surface area is 210 Å². The van der Waals surface area contributed by atoms with Crippen molar-refractivity contribution in [2.45, 2.75) is 52.9 Å². The number of unbranched alkanes of at least 4 members (excludes halogenated alkanes) is 1. The fourth-order valence-electron chi connectivity index (χ4n) is 3.53. The fraction of sp³-hybridized carbons (Fsp3) is 0.370. The first kappa shape index (κ1) is 26.8. The number of urea groups is 1. The van der Waals surface area contributed by atoms with E-state index < -0.39 is 23.6 Å². The van der Waals surface area contributed by atoms with Crippen molar-refractivity contribution in [3.05, 3.63) is 71.4 Å². The second kappa shape index (κ2) is 11.3. The summed E-state index contributed by atoms with van der Waals surface area (Å²) in [6.45, 7) is 10.2. The predicted octanol–water partition coefficient (Wildman–Crippen LogP) is 6.03. The van der Waals surface area contributed by atoms with Gasteiger partial charge >= 0.3 is 6.03 Å². The number of aromatic nitrogens is 2. The summed E-state index contributed by atoms with van der Waals surface area (Å²) in [5.41, 5.74) is 2.52. The van der Waals surface area contributed by atoms with Gasteiger partial charge in [0.05, 0.1) is 11.4 Å². The maximum Gasteiger partial charge on any atom is 0.322 e. The van der Waals surface area contributed by atoms with Crippen LogP contribution in [0.1, 0.15) is 51.8 Å². The maximum absolute atomic E-state index is 13.6. The summed E-state index contributed by atoms with van der Waals surface area (Å²) in [6.07, 6.45) is 1.49. The zero-order valence-corrected chi connectivity index (χ0v) is 21.4. The lowest BCUT2D eigenvalue weighted by atomic mass is 9.92. The van der Waals surface area contributed by atoms with E-state index in [2.05, 4.69) is 10.6 Å². The van der Waals surface area contributed by atoms with E-state index in [0.717, 1.165) is 35.5 Å². The Morgan fingerprint density at radius 3 is 2.42 bits per heavy atom. The molecule has 0 saturated carbocycles. The number of amides is 3. The minimum atomic E-state index is -1.07. The van der Waals surface area contributed by atoms with E-state index in [9.17, 15) is 18.4 Å². The first-order chi connectivity index (χ1) is 17.0. The predicted molar refractivity (Wildman–Crippen MR) is 137 cm³/mol. The molecule has 0 aliphatic rings. The second-order valence-electron chi connectivity index (χ2n) is 9.80. The molecule has 3 amide bonds. The van der Waals surface area contributed by atoms with Gasteiger partial charge in [0, 0.05) is 29.8 Å². The average molecular weight is 498 g/mol. The van der Waals surface area contributed by atoms with Gasteiger partial charge in [0.25, 0.3) is 0 Å². The van der Waals surface area contributed by atoms with Gasteiger partial charge in [-0.3, -0.25) is 4.79 Å². The van der Waals surface area contributed by atoms with Crippen LogP contribution >= 0.6 is 0 Å². The van der Waals surface area contributed by atoms with Crippen LogP contribution in [-0.4, -0.2) is 39.7 Å². The van der Waals surface area contributed by atoms with Crippen LogP contribution in [0.15, 0.2) is 48.5 Å². The molecule has 192 valence electrons. The molecule has 2 aromatic carbocycles. The first-order valence-electron chi connectivity index (χ1n) is 12.0. The smallest absolute Gasteiger partial charge is 0.315 e. The Hall–Kier alpha value is -3.75. The molecule has 3 aromatic rings. The highest BCUT2D eigenvalue weighted by molar-refractivity contribution is 5.96. The number of nitrogens with zero attached hydrogens (tertiary/aromatic N) is 3. The second-order valence-corrected chi connectivity index (χ2v) is 9.80. The third-order valence-electron chi connectivity index (χ3n) is 5.57. The van der Waals surface area contributed by atoms with Crippen LogP contribution in [0.25, 0.3) is 5.69 Å². The third kappa shape index (κ3) is 6.90. The van der Waals surface area contributed by atoms with Crippen molar-refractivity contribution in [1.29, 1.82) is 0 Å². The van der Waals surface area contributed by atoms with Gasteiger partial charge in [-0.05, 0) is 43.2 Å². The molecule has 0 aliphatic carbocycles. The quantitative estimate of drug-likeness (QED) is 0.399. The summed E-state index contributed by atoms with van der Waals surface area (Å²) in [4.78, 5) is 27.3. The molecule has 0 atom stereocenters. The van der Waals surface area contributed by atoms with Crippen molar-refractivity contribution in [3.8, 4) is 5.69 Å². The van der Waals surface area contributed by atoms with E-state index in [-0.39, 0.29) is 17.6 Å². The fourth-order valence-corrected chi connectivity index (χ4v) is 3.53. The minimum absolute atomic E-state index is 0.105. The van der Waals surface area contributed by atoms with Crippen LogP contribution in [0, 0.1) is 18.6 Å². The summed E-state index contributed by atoms with van der Waals surface area (Å²) in [7, 11) is 0. The zero-order valence-electron chi connectivity index (χ0n) is 21.4. The molecule has 7 nitrogen and oxygen atoms in total. The molecule has 2 N–H and O–H groups in total. The number of aryl methyl sites for hydroxylation is 1. The topological polar surface area (TPSA) is 79.3 Å². The van der Waals surface area contributed by atoms with Gasteiger partial charge in [-0.15, -0.1) is 0 Å². The number of halogens is 2. The lowest BCUT2D eigenvalue weighted by Crippen LogP contribution is -2.41. The summed E-state index contributed by atoms with van der Waals surface area (Å²) in [5, 5.41) is 10.2. The molecular formula is C27H33F2N5O2. The molecule has 36 heavy (non-hydrogen) atoms. The summed E-state index contributed by atoms with van der Waals surface area (Å²) >= 11 is 0. The van der Waals surface area contributed by atoms with Crippen molar-refractivity contribution < 1.29 is 18.4 Å². The van der Waals surface area contributed by atoms with Crippen molar-refractivity contribution in [3.63, 3.8) is 0 Å². The minimum Gasteiger partial charge on any atom is -0.315 e. The molecule has 0 bridgehead atoms. The van der Waals surface area contributed by atoms with Gasteiger partial charge < -0.3 is 15.5 Å². The lowest BCUT2D eigenvalue weighted by Gasteiger charge is -2.22. The number of anilines is 2. The highest BCUT2D eigenvalue weighted by atomic mass is 19.2. The van der Waals surface area contributed by atoms with Crippen LogP contribution in [0.4, 0.5) is 25.1 Å². The summed E-state index contributed by atoms with van der Waals surface area (Å²) < 4.78 is 28.5. The Kier molecular flexibility index (Phi) is 8.45. The van der Waals surface area contributed by atoms with Gasteiger partial charge in [0.2, 0.25) is 5.91 Å². The van der Waals surface area contributed by atoms with Crippen LogP contribution in [0.2, 0.25) is 0 Å². The molecule has 0 saturated heterocycles. The number of hydrogen-bond acceptors (Lipinski definition) is 3. The number of rotatable bonds is 8. The maximum atomic E-state index is 13.6. The molecule has 0 fully saturated rings. The molecule has 1 aromatic heterocycles. The largest absolute Gasteiger partial charge is 0.322 e. The number of nitrogens with one attached hydrogen (secondary N) is 2. The van der Waals surface area contributed by atoms with E-state index in [0.29, 0.717) is 18.8 Å². The Bertz CT molecular complexity index is 1230. The monoisotopic (exact) mass is 497 g/mol. The van der Waals surface area contributed by atoms with E-state index in [1.165, 1.54) is 11.0 Å². The van der Waals surface area contributed by atoms with E-state index >= 15 is 0 Å². The third-order valence-corrected chi connectivity index (χ3v) is 5.57. The molecule has 0 spiro atoms. The SMILES string of the molecule is CCCCN(CC(=O)Nc1cc(C(C)(C)C)nn1-c1cccc(C)c1)C(=O)Nc1ccc(F)c(F)c1. The zero-order chi connectivity index (χ0) is 26.5. The summed E-state index contributed by atoms with van der Waals surface area (Å²) in [6, 6.07) is 12.1. The average Bonchev–Trinajstić information content (AvgIpc) is 3.23. The van der Waals surface area contributed by atoms with Gasteiger partial charge in [0.15, 0.2) is 11.6 Å². The molecule has 0 radical (unpaired) electrons. The number of benzene rings is 2.